The van der Waals surface area contributed by atoms with E-state index in [4.69, 9.17) is 14.2 Å². The molecule has 0 bridgehead atoms. The fraction of sp³-hybridized carbons (Fsp3) is 0.125. The lowest BCUT2D eigenvalue weighted by Gasteiger charge is -2.14. The van der Waals surface area contributed by atoms with E-state index < -0.39 is 22.6 Å². The number of nitro benzene ring substituents is 1. The molecule has 0 saturated heterocycles. The van der Waals surface area contributed by atoms with Gasteiger partial charge in [0.25, 0.3) is 23.4 Å². The summed E-state index contributed by atoms with van der Waals surface area (Å²) in [7, 11) is 4.34. The number of nitro groups is 1. The number of non-ortho nitro benzene ring substituents is 1. The maximum atomic E-state index is 12.7. The van der Waals surface area contributed by atoms with E-state index in [1.165, 1.54) is 82.0 Å². The van der Waals surface area contributed by atoms with Gasteiger partial charge in [-0.2, -0.15) is 0 Å². The predicted molar refractivity (Wildman–Crippen MR) is 129 cm³/mol. The van der Waals surface area contributed by atoms with Gasteiger partial charge in [-0.25, -0.2) is 0 Å². The summed E-state index contributed by atoms with van der Waals surface area (Å²) in [6.45, 7) is 0. The van der Waals surface area contributed by atoms with Crippen molar-refractivity contribution in [3.05, 3.63) is 87.5 Å². The van der Waals surface area contributed by atoms with Crippen LogP contribution in [0.1, 0.15) is 31.1 Å². The Morgan fingerprint density at radius 3 is 1.58 bits per heavy atom. The molecule has 0 saturated carbocycles. The number of benzene rings is 3. The number of anilines is 1. The Morgan fingerprint density at radius 1 is 0.694 bits per heavy atom. The van der Waals surface area contributed by atoms with Crippen LogP contribution in [0.3, 0.4) is 0 Å². The van der Waals surface area contributed by atoms with Gasteiger partial charge in [0.1, 0.15) is 0 Å². The van der Waals surface area contributed by atoms with Crippen LogP contribution < -0.4 is 30.4 Å². The number of methoxy groups -OCH3 is 3. The van der Waals surface area contributed by atoms with Crippen molar-refractivity contribution in [1.29, 1.82) is 0 Å². The standard InChI is InChI=1S/C24H22N4O8/c1-34-19-12-16(13-20(35-2)21(19)36-3)22(29)25-17-8-4-14(5-9-17)23(30)26-27-24(31)15-6-10-18(11-7-15)28(32)33/h4-13H,1-3H3,(H,25,29)(H,26,30)(H,27,31). The summed E-state index contributed by atoms with van der Waals surface area (Å²) >= 11 is 0. The first-order valence-corrected chi connectivity index (χ1v) is 10.3. The monoisotopic (exact) mass is 494 g/mol. The number of rotatable bonds is 8. The highest BCUT2D eigenvalue weighted by atomic mass is 16.6. The highest BCUT2D eigenvalue weighted by molar-refractivity contribution is 6.05. The number of hydrogen-bond donors (Lipinski definition) is 3. The van der Waals surface area contributed by atoms with Gasteiger partial charge in [-0.15, -0.1) is 0 Å². The zero-order chi connectivity index (χ0) is 26.2. The Bertz CT molecular complexity index is 1270. The fourth-order valence-corrected chi connectivity index (χ4v) is 3.11. The Labute approximate surface area is 205 Å². The third kappa shape index (κ3) is 5.86. The molecule has 12 heteroatoms. The van der Waals surface area contributed by atoms with Crippen molar-refractivity contribution in [2.45, 2.75) is 0 Å². The number of nitrogens with one attached hydrogen (secondary N) is 3. The maximum Gasteiger partial charge on any atom is 0.269 e. The zero-order valence-electron chi connectivity index (χ0n) is 19.5. The lowest BCUT2D eigenvalue weighted by atomic mass is 10.1. The molecule has 0 aliphatic rings. The molecule has 36 heavy (non-hydrogen) atoms. The molecule has 0 radical (unpaired) electrons. The molecular weight excluding hydrogens is 472 g/mol. The maximum absolute atomic E-state index is 12.7. The molecule has 0 unspecified atom stereocenters. The van der Waals surface area contributed by atoms with Crippen LogP contribution in [0, 0.1) is 10.1 Å². The van der Waals surface area contributed by atoms with Crippen molar-refractivity contribution in [1.82, 2.24) is 10.9 Å². The van der Waals surface area contributed by atoms with E-state index in [-0.39, 0.29) is 22.4 Å². The smallest absolute Gasteiger partial charge is 0.269 e. The van der Waals surface area contributed by atoms with E-state index in [0.29, 0.717) is 22.9 Å². The molecule has 0 aliphatic carbocycles. The Morgan fingerprint density at radius 2 is 1.17 bits per heavy atom. The lowest BCUT2D eigenvalue weighted by Crippen LogP contribution is -2.41. The number of amides is 3. The summed E-state index contributed by atoms with van der Waals surface area (Å²) in [4.78, 5) is 47.3. The topological polar surface area (TPSA) is 158 Å². The summed E-state index contributed by atoms with van der Waals surface area (Å²) in [5, 5.41) is 13.4. The molecule has 12 nitrogen and oxygen atoms in total. The van der Waals surface area contributed by atoms with Gasteiger partial charge in [0, 0.05) is 34.5 Å². The zero-order valence-corrected chi connectivity index (χ0v) is 19.5. The summed E-state index contributed by atoms with van der Waals surface area (Å²) in [5.74, 6) is -0.691. The van der Waals surface area contributed by atoms with Gasteiger partial charge in [-0.05, 0) is 48.5 Å². The molecule has 186 valence electrons. The van der Waals surface area contributed by atoms with Crippen molar-refractivity contribution in [3.8, 4) is 17.2 Å². The van der Waals surface area contributed by atoms with E-state index in [2.05, 4.69) is 16.2 Å². The fourth-order valence-electron chi connectivity index (χ4n) is 3.11. The van der Waals surface area contributed by atoms with E-state index in [1.807, 2.05) is 0 Å². The van der Waals surface area contributed by atoms with Crippen molar-refractivity contribution in [3.63, 3.8) is 0 Å². The molecular formula is C24H22N4O8. The van der Waals surface area contributed by atoms with Crippen LogP contribution in [0.4, 0.5) is 11.4 Å². The second-order valence-corrected chi connectivity index (χ2v) is 7.16. The first kappa shape index (κ1) is 25.5. The molecule has 3 rings (SSSR count). The minimum atomic E-state index is -0.646. The number of nitrogens with zero attached hydrogens (tertiary/aromatic N) is 1. The summed E-state index contributed by atoms with van der Waals surface area (Å²) in [5.41, 5.74) is 5.36. The van der Waals surface area contributed by atoms with E-state index in [0.717, 1.165) is 0 Å². The van der Waals surface area contributed by atoms with Gasteiger partial charge in [0.05, 0.1) is 26.3 Å². The Hall–Kier alpha value is -5.13. The number of ether oxygens (including phenoxy) is 3. The number of carbonyl (C=O) groups excluding carboxylic acids is 3. The SMILES string of the molecule is COc1cc(C(=O)Nc2ccc(C(=O)NNC(=O)c3ccc([N+](=O)[O-])cc3)cc2)cc(OC)c1OC. The molecule has 3 N–H and O–H groups in total. The number of hydrazine groups is 1. The molecule has 0 aromatic heterocycles. The predicted octanol–water partition coefficient (Wildman–Crippen LogP) is 2.95. The number of carbonyl (C=O) groups is 3. The molecule has 3 aromatic rings. The first-order valence-electron chi connectivity index (χ1n) is 10.3. The van der Waals surface area contributed by atoms with Crippen LogP contribution in [0.25, 0.3) is 0 Å². The minimum absolute atomic E-state index is 0.130. The molecule has 0 fully saturated rings. The molecule has 3 amide bonds. The third-order valence-corrected chi connectivity index (χ3v) is 4.96. The largest absolute Gasteiger partial charge is 0.493 e. The van der Waals surface area contributed by atoms with E-state index >= 15 is 0 Å². The van der Waals surface area contributed by atoms with Crippen LogP contribution in [-0.4, -0.2) is 44.0 Å². The van der Waals surface area contributed by atoms with Gasteiger partial charge in [0.2, 0.25) is 5.75 Å². The van der Waals surface area contributed by atoms with Crippen molar-refractivity contribution >= 4 is 29.1 Å². The molecule has 0 atom stereocenters. The van der Waals surface area contributed by atoms with Crippen molar-refractivity contribution in [2.75, 3.05) is 26.6 Å². The normalized spacial score (nSPS) is 10.1. The Kier molecular flexibility index (Phi) is 8.02. The Balaban J connectivity index is 1.61. The second-order valence-electron chi connectivity index (χ2n) is 7.16. The van der Waals surface area contributed by atoms with Gasteiger partial charge < -0.3 is 19.5 Å². The highest BCUT2D eigenvalue weighted by Gasteiger charge is 2.17. The van der Waals surface area contributed by atoms with Crippen molar-refractivity contribution < 1.29 is 33.5 Å². The quantitative estimate of drug-likeness (QED) is 0.318. The van der Waals surface area contributed by atoms with Crippen molar-refractivity contribution in [2.24, 2.45) is 0 Å². The van der Waals surface area contributed by atoms with Crippen LogP contribution >= 0.6 is 0 Å². The van der Waals surface area contributed by atoms with Crippen LogP contribution in [0.15, 0.2) is 60.7 Å². The summed E-state index contributed by atoms with van der Waals surface area (Å²) < 4.78 is 15.8. The third-order valence-electron chi connectivity index (χ3n) is 4.96. The first-order chi connectivity index (χ1) is 17.3. The molecule has 0 aliphatic heterocycles. The number of hydrogen-bond acceptors (Lipinski definition) is 8. The molecule has 0 heterocycles. The minimum Gasteiger partial charge on any atom is -0.493 e. The highest BCUT2D eigenvalue weighted by Crippen LogP contribution is 2.38. The van der Waals surface area contributed by atoms with E-state index in [1.54, 1.807) is 0 Å². The van der Waals surface area contributed by atoms with Crippen LogP contribution in [-0.2, 0) is 0 Å². The van der Waals surface area contributed by atoms with Gasteiger partial charge in [0.15, 0.2) is 11.5 Å². The summed E-state index contributed by atoms with van der Waals surface area (Å²) in [6, 6.07) is 13.9. The van der Waals surface area contributed by atoms with Crippen LogP contribution in [0.5, 0.6) is 17.2 Å². The molecule has 0 spiro atoms. The lowest BCUT2D eigenvalue weighted by molar-refractivity contribution is -0.384. The average molecular weight is 494 g/mol. The van der Waals surface area contributed by atoms with Gasteiger partial charge >= 0.3 is 0 Å². The summed E-state index contributed by atoms with van der Waals surface area (Å²) in [6.07, 6.45) is 0. The van der Waals surface area contributed by atoms with Gasteiger partial charge in [-0.3, -0.25) is 35.3 Å². The van der Waals surface area contributed by atoms with E-state index in [9.17, 15) is 24.5 Å². The second kappa shape index (κ2) is 11.3. The molecule has 3 aromatic carbocycles. The van der Waals surface area contributed by atoms with Gasteiger partial charge in [-0.1, -0.05) is 0 Å². The van der Waals surface area contributed by atoms with Crippen LogP contribution in [0.2, 0.25) is 0 Å². The average Bonchev–Trinajstić information content (AvgIpc) is 2.90.